The van der Waals surface area contributed by atoms with Crippen molar-refractivity contribution in [2.24, 2.45) is 5.10 Å². The molecule has 0 aliphatic carbocycles. The molecule has 1 saturated heterocycles. The summed E-state index contributed by atoms with van der Waals surface area (Å²) in [6.07, 6.45) is 4.43. The number of unbranched alkanes of at least 4 members (excludes halogenated alkanes) is 1. The summed E-state index contributed by atoms with van der Waals surface area (Å²) in [5.41, 5.74) is 7.04. The minimum absolute atomic E-state index is 0.414. The Morgan fingerprint density at radius 2 is 2.03 bits per heavy atom. The van der Waals surface area contributed by atoms with Crippen LogP contribution in [0.2, 0.25) is 0 Å². The van der Waals surface area contributed by atoms with Crippen LogP contribution in [0.25, 0.3) is 10.9 Å². The molecule has 0 radical (unpaired) electrons. The first kappa shape index (κ1) is 23.6. The minimum atomic E-state index is -0.414. The number of nitrogens with zero attached hydrogens (tertiary/aromatic N) is 3. The number of morpholine rings is 1. The lowest BCUT2D eigenvalue weighted by atomic mass is 10.1. The highest BCUT2D eigenvalue weighted by Crippen LogP contribution is 2.26. The van der Waals surface area contributed by atoms with Gasteiger partial charge in [0.1, 0.15) is 5.75 Å². The minimum Gasteiger partial charge on any atom is -0.493 e. The van der Waals surface area contributed by atoms with Crippen molar-refractivity contribution in [1.82, 2.24) is 15.6 Å². The number of rotatable bonds is 9. The van der Waals surface area contributed by atoms with E-state index in [-0.39, 0.29) is 0 Å². The van der Waals surface area contributed by atoms with E-state index >= 15 is 0 Å². The van der Waals surface area contributed by atoms with E-state index in [1.54, 1.807) is 6.21 Å². The summed E-state index contributed by atoms with van der Waals surface area (Å²) < 4.78 is 11.4. The van der Waals surface area contributed by atoms with E-state index in [1.165, 1.54) is 0 Å². The zero-order valence-corrected chi connectivity index (χ0v) is 19.8. The van der Waals surface area contributed by atoms with Gasteiger partial charge in [-0.3, -0.25) is 5.10 Å². The van der Waals surface area contributed by atoms with Crippen molar-refractivity contribution in [3.63, 3.8) is 0 Å². The van der Waals surface area contributed by atoms with Gasteiger partial charge >= 0.3 is 6.03 Å². The Balaban J connectivity index is 1.39. The smallest absolute Gasteiger partial charge is 0.339 e. The summed E-state index contributed by atoms with van der Waals surface area (Å²) in [6, 6.07) is 11.3. The predicted molar refractivity (Wildman–Crippen MR) is 135 cm³/mol. The molecule has 0 saturated carbocycles. The van der Waals surface area contributed by atoms with Gasteiger partial charge in [0, 0.05) is 41.5 Å². The molecule has 180 valence electrons. The van der Waals surface area contributed by atoms with Gasteiger partial charge < -0.3 is 19.7 Å². The van der Waals surface area contributed by atoms with Crippen LogP contribution in [0, 0.1) is 0 Å². The molecule has 1 aliphatic heterocycles. The number of aromatic nitrogens is 2. The molecule has 9 nitrogen and oxygen atoms in total. The van der Waals surface area contributed by atoms with Crippen LogP contribution in [-0.4, -0.2) is 55.4 Å². The third kappa shape index (κ3) is 5.85. The van der Waals surface area contributed by atoms with E-state index in [0.717, 1.165) is 73.4 Å². The van der Waals surface area contributed by atoms with Crippen molar-refractivity contribution in [1.29, 1.82) is 0 Å². The Morgan fingerprint density at radius 3 is 2.76 bits per heavy atom. The quantitative estimate of drug-likeness (QED) is 0.249. The fourth-order valence-electron chi connectivity index (χ4n) is 3.83. The number of aryl methyl sites for hydroxylation is 1. The number of carbonyl (C=O) groups excluding carboxylic acids is 1. The van der Waals surface area contributed by atoms with Gasteiger partial charge in [-0.05, 0) is 43.2 Å². The van der Waals surface area contributed by atoms with Gasteiger partial charge in [-0.15, -0.1) is 0 Å². The summed E-state index contributed by atoms with van der Waals surface area (Å²) in [7, 11) is 0. The fraction of sp³-hybridized carbons (Fsp3) is 0.400. The number of aromatic amines is 1. The number of carbonyl (C=O) groups is 1. The van der Waals surface area contributed by atoms with E-state index in [0.29, 0.717) is 18.0 Å². The lowest BCUT2D eigenvalue weighted by Gasteiger charge is -2.28. The second-order valence-corrected chi connectivity index (χ2v) is 8.13. The zero-order valence-electron chi connectivity index (χ0n) is 19.8. The van der Waals surface area contributed by atoms with Gasteiger partial charge in [0.15, 0.2) is 0 Å². The molecule has 0 atom stereocenters. The molecule has 3 aromatic rings. The summed E-state index contributed by atoms with van der Waals surface area (Å²) in [5, 5.41) is 15.4. The zero-order chi connectivity index (χ0) is 23.8. The van der Waals surface area contributed by atoms with Crippen LogP contribution < -0.4 is 20.4 Å². The molecule has 1 aliphatic rings. The average molecular weight is 465 g/mol. The molecular formula is C25H32N6O3. The summed E-state index contributed by atoms with van der Waals surface area (Å²) >= 11 is 0. The monoisotopic (exact) mass is 464 g/mol. The van der Waals surface area contributed by atoms with Gasteiger partial charge in [-0.25, -0.2) is 10.2 Å². The third-order valence-electron chi connectivity index (χ3n) is 5.73. The van der Waals surface area contributed by atoms with Crippen LogP contribution in [-0.2, 0) is 11.2 Å². The second-order valence-electron chi connectivity index (χ2n) is 8.13. The maximum absolute atomic E-state index is 12.3. The number of hydrazone groups is 1. The lowest BCUT2D eigenvalue weighted by Crippen LogP contribution is -2.36. The Morgan fingerprint density at radius 1 is 1.24 bits per heavy atom. The normalized spacial score (nSPS) is 14.0. The SMILES string of the molecule is CCCCOc1cc2[nH]nc(CC)c2cc1/C=N/NC(=O)Nc1ccc(N2CCOCC2)cc1. The van der Waals surface area contributed by atoms with Crippen LogP contribution in [0.4, 0.5) is 16.2 Å². The topological polar surface area (TPSA) is 104 Å². The number of hydrogen-bond acceptors (Lipinski definition) is 6. The average Bonchev–Trinajstić information content (AvgIpc) is 3.27. The van der Waals surface area contributed by atoms with Crippen LogP contribution >= 0.6 is 0 Å². The van der Waals surface area contributed by atoms with Gasteiger partial charge in [-0.2, -0.15) is 10.2 Å². The second kappa shape index (κ2) is 11.5. The Bertz CT molecular complexity index is 1120. The molecule has 1 fully saturated rings. The maximum atomic E-state index is 12.3. The highest BCUT2D eigenvalue weighted by molar-refractivity contribution is 5.95. The highest BCUT2D eigenvalue weighted by atomic mass is 16.5. The fourth-order valence-corrected chi connectivity index (χ4v) is 3.83. The lowest BCUT2D eigenvalue weighted by molar-refractivity contribution is 0.122. The molecule has 1 aromatic heterocycles. The number of anilines is 2. The largest absolute Gasteiger partial charge is 0.493 e. The van der Waals surface area contributed by atoms with Crippen LogP contribution in [0.1, 0.15) is 37.9 Å². The third-order valence-corrected chi connectivity index (χ3v) is 5.73. The van der Waals surface area contributed by atoms with Crippen molar-refractivity contribution in [3.8, 4) is 5.75 Å². The first-order valence-electron chi connectivity index (χ1n) is 11.8. The number of nitrogens with one attached hydrogen (secondary N) is 3. The van der Waals surface area contributed by atoms with Crippen molar-refractivity contribution in [2.75, 3.05) is 43.1 Å². The van der Waals surface area contributed by atoms with Crippen molar-refractivity contribution < 1.29 is 14.3 Å². The van der Waals surface area contributed by atoms with E-state index in [1.807, 2.05) is 36.4 Å². The Hall–Kier alpha value is -3.59. The molecule has 34 heavy (non-hydrogen) atoms. The number of amides is 2. The van der Waals surface area contributed by atoms with Gasteiger partial charge in [0.2, 0.25) is 0 Å². The Kier molecular flexibility index (Phi) is 7.98. The molecular weight excluding hydrogens is 432 g/mol. The number of urea groups is 1. The molecule has 2 heterocycles. The summed E-state index contributed by atoms with van der Waals surface area (Å²) in [6.45, 7) is 8.02. The van der Waals surface area contributed by atoms with Crippen molar-refractivity contribution in [3.05, 3.63) is 47.7 Å². The maximum Gasteiger partial charge on any atom is 0.339 e. The van der Waals surface area contributed by atoms with Crippen LogP contribution in [0.15, 0.2) is 41.5 Å². The number of H-pyrrole nitrogens is 1. The highest BCUT2D eigenvalue weighted by Gasteiger charge is 2.12. The van der Waals surface area contributed by atoms with Crippen molar-refractivity contribution in [2.45, 2.75) is 33.1 Å². The van der Waals surface area contributed by atoms with Gasteiger partial charge in [0.05, 0.1) is 37.2 Å². The number of fused-ring (bicyclic) bond motifs is 1. The van der Waals surface area contributed by atoms with Gasteiger partial charge in [0.25, 0.3) is 0 Å². The molecule has 9 heteroatoms. The van der Waals surface area contributed by atoms with Crippen molar-refractivity contribution >= 4 is 34.5 Å². The number of hydrogen-bond donors (Lipinski definition) is 3. The van der Waals surface area contributed by atoms with E-state index in [9.17, 15) is 4.79 Å². The number of ether oxygens (including phenoxy) is 2. The molecule has 0 bridgehead atoms. The summed E-state index contributed by atoms with van der Waals surface area (Å²) in [5.74, 6) is 0.705. The first-order chi connectivity index (χ1) is 16.7. The molecule has 3 N–H and O–H groups in total. The van der Waals surface area contributed by atoms with Crippen LogP contribution in [0.5, 0.6) is 5.75 Å². The summed E-state index contributed by atoms with van der Waals surface area (Å²) in [4.78, 5) is 14.6. The first-order valence-corrected chi connectivity index (χ1v) is 11.8. The van der Waals surface area contributed by atoms with Gasteiger partial charge in [-0.1, -0.05) is 20.3 Å². The molecule has 0 spiro atoms. The van der Waals surface area contributed by atoms with E-state index < -0.39 is 6.03 Å². The number of benzene rings is 2. The standard InChI is InChI=1S/C25H32N6O3/c1-3-5-12-34-24-16-23-21(22(4-2)28-29-23)15-18(24)17-26-30-25(32)27-19-6-8-20(9-7-19)31-10-13-33-14-11-31/h6-9,15-17H,3-5,10-14H2,1-2H3,(H,28,29)(H2,27,30,32)/b26-17+. The predicted octanol–water partition coefficient (Wildman–Crippen LogP) is 4.30. The van der Waals surface area contributed by atoms with Crippen LogP contribution in [0.3, 0.4) is 0 Å². The molecule has 2 aromatic carbocycles. The van der Waals surface area contributed by atoms with E-state index in [2.05, 4.69) is 44.8 Å². The molecule has 2 amide bonds. The molecule has 4 rings (SSSR count). The Labute approximate surface area is 199 Å². The molecule has 0 unspecified atom stereocenters. The van der Waals surface area contributed by atoms with E-state index in [4.69, 9.17) is 9.47 Å².